The number of aliphatic hydroxyl groups is 1. The van der Waals surface area contributed by atoms with Crippen molar-refractivity contribution in [2.45, 2.75) is 84.6 Å². The molecular weight excluding hydrogens is 536 g/mol. The van der Waals surface area contributed by atoms with E-state index in [-0.39, 0.29) is 12.2 Å². The van der Waals surface area contributed by atoms with Crippen molar-refractivity contribution >= 4 is 29.7 Å². The Labute approximate surface area is 237 Å². The molecule has 5 aliphatic rings. The van der Waals surface area contributed by atoms with Gasteiger partial charge in [0.2, 0.25) is 6.29 Å². The van der Waals surface area contributed by atoms with Crippen LogP contribution in [0, 0.1) is 34.0 Å². The van der Waals surface area contributed by atoms with Gasteiger partial charge in [-0.25, -0.2) is 4.79 Å². The number of carboxylic acids is 1. The molecule has 0 aromatic heterocycles. The van der Waals surface area contributed by atoms with E-state index in [0.717, 1.165) is 0 Å². The van der Waals surface area contributed by atoms with Crippen molar-refractivity contribution in [1.29, 1.82) is 0 Å². The second kappa shape index (κ2) is 9.09. The Morgan fingerprint density at radius 1 is 1.10 bits per heavy atom. The van der Waals surface area contributed by atoms with Gasteiger partial charge in [-0.05, 0) is 24.0 Å². The second-order valence-electron chi connectivity index (χ2n) is 12.9. The van der Waals surface area contributed by atoms with Gasteiger partial charge in [-0.3, -0.25) is 19.2 Å². The molecule has 2 aliphatic heterocycles. The quantitative estimate of drug-likeness (QED) is 0.207. The topological polar surface area (TPSA) is 166 Å². The summed E-state index contributed by atoms with van der Waals surface area (Å²) in [6, 6.07) is 0. The van der Waals surface area contributed by atoms with E-state index in [1.54, 1.807) is 33.8 Å². The first-order valence-corrected chi connectivity index (χ1v) is 13.7. The van der Waals surface area contributed by atoms with Crippen molar-refractivity contribution in [3.05, 3.63) is 36.0 Å². The predicted molar refractivity (Wildman–Crippen MR) is 140 cm³/mol. The normalized spacial score (nSPS) is 43.9. The molecule has 0 bridgehead atoms. The Morgan fingerprint density at radius 2 is 1.73 bits per heavy atom. The SMILES string of the molecule is C=C1[C@@H](C2(C)C=CC(=O)C(C)(C)C2CC(=O)O)[C@@H](OC(C)=O)[C@H](OC(C)=O)[C@@]2(C)[C@H](C3=CC(=O)OC3O)C[C@H]3O[C@]132. The molecule has 3 aliphatic carbocycles. The number of aliphatic carboxylic acids is 1. The van der Waals surface area contributed by atoms with E-state index in [4.69, 9.17) is 18.9 Å². The van der Waals surface area contributed by atoms with E-state index in [0.29, 0.717) is 17.6 Å². The number of hydrogen-bond donors (Lipinski definition) is 2. The van der Waals surface area contributed by atoms with Gasteiger partial charge < -0.3 is 29.2 Å². The van der Waals surface area contributed by atoms with E-state index < -0.39 is 88.1 Å². The highest BCUT2D eigenvalue weighted by Gasteiger charge is 2.84. The lowest BCUT2D eigenvalue weighted by atomic mass is 9.46. The molecule has 222 valence electrons. The highest BCUT2D eigenvalue weighted by molar-refractivity contribution is 5.96. The van der Waals surface area contributed by atoms with Crippen LogP contribution in [0.5, 0.6) is 0 Å². The van der Waals surface area contributed by atoms with Gasteiger partial charge in [0.05, 0.1) is 11.5 Å². The molecule has 41 heavy (non-hydrogen) atoms. The fourth-order valence-corrected chi connectivity index (χ4v) is 8.68. The van der Waals surface area contributed by atoms with Crippen molar-refractivity contribution in [3.8, 4) is 0 Å². The third-order valence-corrected chi connectivity index (χ3v) is 10.5. The zero-order valence-corrected chi connectivity index (χ0v) is 24.0. The van der Waals surface area contributed by atoms with Crippen molar-refractivity contribution in [1.82, 2.24) is 0 Å². The fourth-order valence-electron chi connectivity index (χ4n) is 8.68. The fraction of sp³-hybridized carbons (Fsp3) is 0.633. The van der Waals surface area contributed by atoms with Gasteiger partial charge in [-0.2, -0.15) is 0 Å². The van der Waals surface area contributed by atoms with Crippen molar-refractivity contribution < 1.29 is 53.1 Å². The van der Waals surface area contributed by atoms with E-state index in [1.165, 1.54) is 26.0 Å². The summed E-state index contributed by atoms with van der Waals surface area (Å²) >= 11 is 0. The third-order valence-electron chi connectivity index (χ3n) is 10.5. The summed E-state index contributed by atoms with van der Waals surface area (Å²) in [5, 5.41) is 20.5. The molecule has 2 saturated carbocycles. The molecule has 0 aromatic carbocycles. The first kappa shape index (κ1) is 29.2. The first-order chi connectivity index (χ1) is 18.9. The minimum atomic E-state index is -1.50. The summed E-state index contributed by atoms with van der Waals surface area (Å²) in [6.45, 7) is 13.9. The lowest BCUT2D eigenvalue weighted by Crippen LogP contribution is -2.67. The molecule has 0 aromatic rings. The number of carbonyl (C=O) groups excluding carboxylic acids is 4. The van der Waals surface area contributed by atoms with Gasteiger partial charge in [-0.15, -0.1) is 0 Å². The highest BCUT2D eigenvalue weighted by Crippen LogP contribution is 2.76. The molecule has 0 radical (unpaired) electrons. The summed E-state index contributed by atoms with van der Waals surface area (Å²) in [7, 11) is 0. The molecule has 0 amide bonds. The molecule has 2 heterocycles. The number of hydrogen-bond acceptors (Lipinski definition) is 10. The zero-order chi connectivity index (χ0) is 30.4. The molecule has 1 spiro atoms. The van der Waals surface area contributed by atoms with E-state index >= 15 is 0 Å². The lowest BCUT2D eigenvalue weighted by Gasteiger charge is -2.59. The molecule has 1 saturated heterocycles. The molecule has 11 heteroatoms. The molecule has 10 atom stereocenters. The summed E-state index contributed by atoms with van der Waals surface area (Å²) in [5.41, 5.74) is -3.69. The Hall–Kier alpha value is -3.31. The Morgan fingerprint density at radius 3 is 2.27 bits per heavy atom. The maximum Gasteiger partial charge on any atom is 0.333 e. The van der Waals surface area contributed by atoms with Gasteiger partial charge in [0.25, 0.3) is 0 Å². The number of ketones is 1. The van der Waals surface area contributed by atoms with Gasteiger partial charge in [0.15, 0.2) is 5.78 Å². The number of carboxylic acid groups (broad SMARTS) is 1. The lowest BCUT2D eigenvalue weighted by molar-refractivity contribution is -0.210. The summed E-state index contributed by atoms with van der Waals surface area (Å²) in [6.07, 6.45) is 0.0239. The zero-order valence-electron chi connectivity index (χ0n) is 24.0. The number of allylic oxidation sites excluding steroid dienone is 2. The number of aliphatic hydroxyl groups excluding tert-OH is 1. The number of cyclic esters (lactones) is 1. The van der Waals surface area contributed by atoms with Crippen LogP contribution < -0.4 is 0 Å². The van der Waals surface area contributed by atoms with Crippen LogP contribution >= 0.6 is 0 Å². The van der Waals surface area contributed by atoms with Crippen LogP contribution in [0.4, 0.5) is 0 Å². The smallest absolute Gasteiger partial charge is 0.333 e. The average molecular weight is 573 g/mol. The minimum Gasteiger partial charge on any atom is -0.481 e. The van der Waals surface area contributed by atoms with Gasteiger partial charge in [0, 0.05) is 54.6 Å². The number of ether oxygens (including phenoxy) is 4. The summed E-state index contributed by atoms with van der Waals surface area (Å²) in [5.74, 6) is -5.54. The third kappa shape index (κ3) is 3.88. The standard InChI is InChI=1S/C30H36O11/c1-13-23(28(6)9-8-19(33)27(4,5)18(28)12-21(34)35)24(38-14(2)31)25(39-15(3)32)29(7)17(11-20-30(13,29)41-20)16-10-22(36)40-26(16)37/h8-10,17-18,20,23-26,37H,1,11-12H2,2-7H3,(H,34,35)/t17-,18?,20+,23+,24+,25-,26?,28?,29+,30+/m0/s1. The van der Waals surface area contributed by atoms with E-state index in [2.05, 4.69) is 6.58 Å². The predicted octanol–water partition coefficient (Wildman–Crippen LogP) is 2.26. The number of rotatable bonds is 6. The van der Waals surface area contributed by atoms with Gasteiger partial charge >= 0.3 is 23.9 Å². The highest BCUT2D eigenvalue weighted by atomic mass is 16.6. The van der Waals surface area contributed by atoms with Crippen LogP contribution in [0.15, 0.2) is 36.0 Å². The average Bonchev–Trinajstić information content (AvgIpc) is 3.40. The second-order valence-corrected chi connectivity index (χ2v) is 12.9. The summed E-state index contributed by atoms with van der Waals surface area (Å²) in [4.78, 5) is 62.5. The maximum atomic E-state index is 13.0. The van der Waals surface area contributed by atoms with E-state index in [1.807, 2.05) is 0 Å². The Kier molecular flexibility index (Phi) is 6.47. The Bertz CT molecular complexity index is 1330. The monoisotopic (exact) mass is 572 g/mol. The van der Waals surface area contributed by atoms with Crippen LogP contribution in [0.1, 0.15) is 54.4 Å². The molecule has 3 fully saturated rings. The van der Waals surface area contributed by atoms with Crippen LogP contribution in [0.25, 0.3) is 0 Å². The maximum absolute atomic E-state index is 13.0. The minimum absolute atomic E-state index is 0.237. The van der Waals surface area contributed by atoms with Gasteiger partial charge in [0.1, 0.15) is 17.8 Å². The molecular formula is C30H36O11. The largest absolute Gasteiger partial charge is 0.481 e. The van der Waals surface area contributed by atoms with Crippen molar-refractivity contribution in [3.63, 3.8) is 0 Å². The number of epoxide rings is 1. The molecule has 2 N–H and O–H groups in total. The summed E-state index contributed by atoms with van der Waals surface area (Å²) < 4.78 is 23.3. The number of esters is 3. The first-order valence-electron chi connectivity index (χ1n) is 13.7. The Balaban J connectivity index is 1.73. The molecule has 3 unspecified atom stereocenters. The van der Waals surface area contributed by atoms with Gasteiger partial charge in [-0.1, -0.05) is 40.3 Å². The molecule has 11 nitrogen and oxygen atoms in total. The molecule has 5 rings (SSSR count). The van der Waals surface area contributed by atoms with Crippen LogP contribution in [-0.4, -0.2) is 70.1 Å². The van der Waals surface area contributed by atoms with Crippen LogP contribution in [0.2, 0.25) is 0 Å². The van der Waals surface area contributed by atoms with Crippen molar-refractivity contribution in [2.75, 3.05) is 0 Å². The van der Waals surface area contributed by atoms with Crippen LogP contribution in [0.3, 0.4) is 0 Å². The van der Waals surface area contributed by atoms with E-state index in [9.17, 15) is 34.2 Å². The van der Waals surface area contributed by atoms with Crippen molar-refractivity contribution in [2.24, 2.45) is 34.0 Å². The van der Waals surface area contributed by atoms with Crippen LogP contribution in [-0.2, 0) is 42.9 Å². The number of carbonyl (C=O) groups is 5.